The van der Waals surface area contributed by atoms with Gasteiger partial charge in [0.05, 0.1) is 12.1 Å². The van der Waals surface area contributed by atoms with E-state index < -0.39 is 0 Å². The predicted molar refractivity (Wildman–Crippen MR) is 122 cm³/mol. The van der Waals surface area contributed by atoms with Gasteiger partial charge in [0.1, 0.15) is 5.65 Å². The average Bonchev–Trinajstić information content (AvgIpc) is 3.17. The number of benzene rings is 3. The summed E-state index contributed by atoms with van der Waals surface area (Å²) in [5, 5.41) is 5.29. The normalized spacial score (nSPS) is 11.1. The third-order valence-electron chi connectivity index (χ3n) is 5.29. The van der Waals surface area contributed by atoms with Gasteiger partial charge in [-0.15, -0.1) is 0 Å². The number of hydrogen-bond donors (Lipinski definition) is 1. The molecule has 0 spiro atoms. The van der Waals surface area contributed by atoms with Gasteiger partial charge in [-0.2, -0.15) is 0 Å². The number of fused-ring (bicyclic) bond motifs is 2. The summed E-state index contributed by atoms with van der Waals surface area (Å²) in [6.07, 6.45) is 4.35. The fourth-order valence-corrected chi connectivity index (χ4v) is 3.80. The summed E-state index contributed by atoms with van der Waals surface area (Å²) in [6, 6.07) is 26.2. The molecule has 0 fully saturated rings. The SMILES string of the molecule is Cc1ccn2cc(-c3cccc(NC(=O)Cc4cccc5ccccc45)c3)nc2c1. The van der Waals surface area contributed by atoms with Crippen molar-refractivity contribution in [1.82, 2.24) is 9.38 Å². The Morgan fingerprint density at radius 3 is 2.73 bits per heavy atom. The van der Waals surface area contributed by atoms with E-state index in [1.165, 1.54) is 5.56 Å². The first-order valence-corrected chi connectivity index (χ1v) is 9.98. The number of hydrogen-bond acceptors (Lipinski definition) is 2. The summed E-state index contributed by atoms with van der Waals surface area (Å²) < 4.78 is 2.01. The molecular weight excluding hydrogens is 370 g/mol. The quantitative estimate of drug-likeness (QED) is 0.431. The van der Waals surface area contributed by atoms with Crippen molar-refractivity contribution in [2.45, 2.75) is 13.3 Å². The number of aryl methyl sites for hydroxylation is 1. The molecule has 5 aromatic rings. The van der Waals surface area contributed by atoms with Crippen LogP contribution in [0.4, 0.5) is 5.69 Å². The highest BCUT2D eigenvalue weighted by molar-refractivity contribution is 5.96. The minimum atomic E-state index is -0.0332. The summed E-state index contributed by atoms with van der Waals surface area (Å²) in [6.45, 7) is 2.06. The van der Waals surface area contributed by atoms with Crippen LogP contribution in [0.3, 0.4) is 0 Å². The lowest BCUT2D eigenvalue weighted by Gasteiger charge is -2.09. The van der Waals surface area contributed by atoms with Gasteiger partial charge in [0.15, 0.2) is 0 Å². The Labute approximate surface area is 174 Å². The van der Waals surface area contributed by atoms with Crippen LogP contribution in [-0.4, -0.2) is 15.3 Å². The number of amides is 1. The summed E-state index contributed by atoms with van der Waals surface area (Å²) in [4.78, 5) is 17.4. The second-order valence-electron chi connectivity index (χ2n) is 7.54. The van der Waals surface area contributed by atoms with Crippen molar-refractivity contribution in [2.24, 2.45) is 0 Å². The van der Waals surface area contributed by atoms with Gasteiger partial charge in [-0.25, -0.2) is 4.98 Å². The molecule has 0 saturated heterocycles. The molecule has 0 aliphatic heterocycles. The van der Waals surface area contributed by atoms with Gasteiger partial charge < -0.3 is 9.72 Å². The summed E-state index contributed by atoms with van der Waals surface area (Å²) in [7, 11) is 0. The molecule has 1 amide bonds. The lowest BCUT2D eigenvalue weighted by atomic mass is 10.0. The number of aromatic nitrogens is 2. The minimum absolute atomic E-state index is 0.0332. The molecule has 0 aliphatic carbocycles. The summed E-state index contributed by atoms with van der Waals surface area (Å²) >= 11 is 0. The maximum absolute atomic E-state index is 12.7. The van der Waals surface area contributed by atoms with E-state index in [4.69, 9.17) is 4.98 Å². The number of rotatable bonds is 4. The molecule has 0 radical (unpaired) electrons. The highest BCUT2D eigenvalue weighted by Gasteiger charge is 2.09. The number of carbonyl (C=O) groups is 1. The number of nitrogens with one attached hydrogen (secondary N) is 1. The van der Waals surface area contributed by atoms with E-state index in [0.717, 1.165) is 38.9 Å². The van der Waals surface area contributed by atoms with Gasteiger partial charge >= 0.3 is 0 Å². The van der Waals surface area contributed by atoms with Crippen LogP contribution in [0.1, 0.15) is 11.1 Å². The van der Waals surface area contributed by atoms with Gasteiger partial charge in [0.2, 0.25) is 5.91 Å². The van der Waals surface area contributed by atoms with Crippen LogP contribution in [0, 0.1) is 6.92 Å². The first kappa shape index (κ1) is 18.1. The van der Waals surface area contributed by atoms with Gasteiger partial charge in [-0.05, 0) is 53.1 Å². The van der Waals surface area contributed by atoms with Crippen LogP contribution >= 0.6 is 0 Å². The van der Waals surface area contributed by atoms with E-state index in [9.17, 15) is 4.79 Å². The Hall–Kier alpha value is -3.92. The van der Waals surface area contributed by atoms with Gasteiger partial charge in [0, 0.05) is 23.6 Å². The Morgan fingerprint density at radius 1 is 0.967 bits per heavy atom. The predicted octanol–water partition coefficient (Wildman–Crippen LogP) is 5.64. The van der Waals surface area contributed by atoms with E-state index in [2.05, 4.69) is 42.6 Å². The maximum atomic E-state index is 12.7. The average molecular weight is 391 g/mol. The van der Waals surface area contributed by atoms with E-state index in [-0.39, 0.29) is 5.91 Å². The minimum Gasteiger partial charge on any atom is -0.326 e. The molecular formula is C26H21N3O. The Kier molecular flexibility index (Phi) is 4.52. The number of anilines is 1. The zero-order valence-corrected chi connectivity index (χ0v) is 16.7. The molecule has 0 aliphatic rings. The van der Waals surface area contributed by atoms with Crippen molar-refractivity contribution < 1.29 is 4.79 Å². The van der Waals surface area contributed by atoms with Gasteiger partial charge in [-0.3, -0.25) is 4.79 Å². The van der Waals surface area contributed by atoms with Crippen molar-refractivity contribution in [3.63, 3.8) is 0 Å². The Morgan fingerprint density at radius 2 is 1.80 bits per heavy atom. The van der Waals surface area contributed by atoms with Crippen molar-refractivity contribution in [2.75, 3.05) is 5.32 Å². The number of nitrogens with zero attached hydrogens (tertiary/aromatic N) is 2. The van der Waals surface area contributed by atoms with Crippen LogP contribution in [0.25, 0.3) is 27.7 Å². The van der Waals surface area contributed by atoms with E-state index in [1.807, 2.05) is 65.3 Å². The fourth-order valence-electron chi connectivity index (χ4n) is 3.80. The number of carbonyl (C=O) groups excluding carboxylic acids is 1. The van der Waals surface area contributed by atoms with E-state index in [1.54, 1.807) is 0 Å². The molecule has 1 N–H and O–H groups in total. The molecule has 2 heterocycles. The zero-order chi connectivity index (χ0) is 20.5. The molecule has 30 heavy (non-hydrogen) atoms. The van der Waals surface area contributed by atoms with E-state index in [0.29, 0.717) is 6.42 Å². The Balaban J connectivity index is 1.38. The highest BCUT2D eigenvalue weighted by Crippen LogP contribution is 2.24. The fraction of sp³-hybridized carbons (Fsp3) is 0.0769. The van der Waals surface area contributed by atoms with Crippen molar-refractivity contribution in [1.29, 1.82) is 0 Å². The van der Waals surface area contributed by atoms with Crippen molar-refractivity contribution in [3.05, 3.63) is 102 Å². The van der Waals surface area contributed by atoms with Crippen molar-refractivity contribution >= 4 is 28.0 Å². The molecule has 5 rings (SSSR count). The third-order valence-corrected chi connectivity index (χ3v) is 5.29. The first-order valence-electron chi connectivity index (χ1n) is 9.98. The zero-order valence-electron chi connectivity index (χ0n) is 16.7. The second-order valence-corrected chi connectivity index (χ2v) is 7.54. The smallest absolute Gasteiger partial charge is 0.228 e. The topological polar surface area (TPSA) is 46.4 Å². The molecule has 146 valence electrons. The monoisotopic (exact) mass is 391 g/mol. The molecule has 0 bridgehead atoms. The van der Waals surface area contributed by atoms with Crippen LogP contribution in [0.5, 0.6) is 0 Å². The lowest BCUT2D eigenvalue weighted by molar-refractivity contribution is -0.115. The first-order chi connectivity index (χ1) is 14.7. The molecule has 0 atom stereocenters. The lowest BCUT2D eigenvalue weighted by Crippen LogP contribution is -2.14. The summed E-state index contributed by atoms with van der Waals surface area (Å²) in [5.41, 5.74) is 5.73. The molecule has 4 nitrogen and oxygen atoms in total. The van der Waals surface area contributed by atoms with Crippen LogP contribution in [0.15, 0.2) is 91.3 Å². The standard InChI is InChI=1S/C26H21N3O/c1-18-12-13-29-17-24(28-25(29)14-18)21-9-5-10-22(15-21)27-26(30)16-20-8-4-7-19-6-2-3-11-23(19)20/h2-15,17H,16H2,1H3,(H,27,30). The Bertz CT molecular complexity index is 1380. The molecule has 0 saturated carbocycles. The highest BCUT2D eigenvalue weighted by atomic mass is 16.1. The van der Waals surface area contributed by atoms with Crippen LogP contribution < -0.4 is 5.32 Å². The van der Waals surface area contributed by atoms with Crippen molar-refractivity contribution in [3.8, 4) is 11.3 Å². The molecule has 2 aromatic heterocycles. The number of imidazole rings is 1. The summed E-state index contributed by atoms with van der Waals surface area (Å²) in [5.74, 6) is -0.0332. The largest absolute Gasteiger partial charge is 0.326 e. The van der Waals surface area contributed by atoms with E-state index >= 15 is 0 Å². The van der Waals surface area contributed by atoms with Gasteiger partial charge in [-0.1, -0.05) is 54.6 Å². The molecule has 4 heteroatoms. The van der Waals surface area contributed by atoms with Crippen LogP contribution in [-0.2, 0) is 11.2 Å². The second kappa shape index (κ2) is 7.48. The molecule has 0 unspecified atom stereocenters. The van der Waals surface area contributed by atoms with Crippen LogP contribution in [0.2, 0.25) is 0 Å². The number of pyridine rings is 1. The van der Waals surface area contributed by atoms with Gasteiger partial charge in [0.25, 0.3) is 0 Å². The maximum Gasteiger partial charge on any atom is 0.228 e. The third kappa shape index (κ3) is 3.55. The molecule has 3 aromatic carbocycles.